The number of fused-ring (bicyclic) bond motifs is 4. The van der Waals surface area contributed by atoms with Crippen LogP contribution in [0.1, 0.15) is 52.7 Å². The molecule has 0 saturated heterocycles. The highest BCUT2D eigenvalue weighted by Gasteiger charge is 2.29. The summed E-state index contributed by atoms with van der Waals surface area (Å²) in [6.07, 6.45) is 0. The summed E-state index contributed by atoms with van der Waals surface area (Å²) in [5, 5.41) is 8.17. The molecule has 0 saturated carbocycles. The van der Waals surface area contributed by atoms with E-state index >= 15 is 0 Å². The predicted octanol–water partition coefficient (Wildman–Crippen LogP) is 7.74. The Hall–Kier alpha value is -2.34. The lowest BCUT2D eigenvalue weighted by atomic mass is 9.71. The first-order chi connectivity index (χ1) is 12.2. The van der Waals surface area contributed by atoms with Crippen molar-refractivity contribution in [2.75, 3.05) is 0 Å². The first-order valence-electron chi connectivity index (χ1n) is 9.56. The average molecular weight is 341 g/mol. The van der Waals surface area contributed by atoms with Crippen molar-refractivity contribution in [3.05, 3.63) is 71.8 Å². The summed E-state index contributed by atoms with van der Waals surface area (Å²) >= 11 is 0. The Bertz CT molecular complexity index is 1130. The van der Waals surface area contributed by atoms with Crippen LogP contribution in [0.15, 0.2) is 60.7 Å². The van der Waals surface area contributed by atoms with Crippen molar-refractivity contribution >= 4 is 32.3 Å². The zero-order valence-corrected chi connectivity index (χ0v) is 16.8. The van der Waals surface area contributed by atoms with Crippen LogP contribution in [-0.4, -0.2) is 0 Å². The van der Waals surface area contributed by atoms with Gasteiger partial charge in [0, 0.05) is 0 Å². The Morgan fingerprint density at radius 3 is 1.42 bits per heavy atom. The monoisotopic (exact) mass is 340 g/mol. The second-order valence-electron chi connectivity index (χ2n) is 9.54. The van der Waals surface area contributed by atoms with Crippen LogP contribution in [0.4, 0.5) is 0 Å². The van der Waals surface area contributed by atoms with E-state index in [4.69, 9.17) is 0 Å². The topological polar surface area (TPSA) is 0 Å². The number of benzene rings is 4. The maximum Gasteiger partial charge on any atom is -0.00958 e. The molecule has 0 heterocycles. The molecule has 0 atom stereocenters. The quantitative estimate of drug-likeness (QED) is 0.227. The van der Waals surface area contributed by atoms with Gasteiger partial charge in [0.05, 0.1) is 0 Å². The van der Waals surface area contributed by atoms with Gasteiger partial charge in [-0.25, -0.2) is 0 Å². The maximum absolute atomic E-state index is 2.41. The van der Waals surface area contributed by atoms with E-state index in [-0.39, 0.29) is 10.8 Å². The molecule has 0 aliphatic rings. The Morgan fingerprint density at radius 1 is 0.462 bits per heavy atom. The van der Waals surface area contributed by atoms with Gasteiger partial charge in [0.25, 0.3) is 0 Å². The molecule has 0 heteroatoms. The van der Waals surface area contributed by atoms with Gasteiger partial charge in [0.1, 0.15) is 0 Å². The fourth-order valence-electron chi connectivity index (χ4n) is 4.43. The van der Waals surface area contributed by atoms with Crippen molar-refractivity contribution in [2.45, 2.75) is 52.4 Å². The molecule has 0 aromatic heterocycles. The molecule has 132 valence electrons. The first-order valence-corrected chi connectivity index (χ1v) is 9.56. The van der Waals surface area contributed by atoms with Gasteiger partial charge >= 0.3 is 0 Å². The third-order valence-corrected chi connectivity index (χ3v) is 5.39. The molecule has 0 amide bonds. The first kappa shape index (κ1) is 17.1. The highest BCUT2D eigenvalue weighted by Crippen LogP contribution is 2.45. The lowest BCUT2D eigenvalue weighted by Gasteiger charge is -2.33. The van der Waals surface area contributed by atoms with E-state index in [0.717, 1.165) is 0 Å². The molecule has 4 aromatic carbocycles. The van der Waals surface area contributed by atoms with E-state index in [9.17, 15) is 0 Å². The van der Waals surface area contributed by atoms with Crippen molar-refractivity contribution in [3.63, 3.8) is 0 Å². The van der Waals surface area contributed by atoms with Gasteiger partial charge in [-0.3, -0.25) is 0 Å². The fourth-order valence-corrected chi connectivity index (χ4v) is 4.43. The minimum Gasteiger partial charge on any atom is -0.0616 e. The summed E-state index contributed by atoms with van der Waals surface area (Å²) in [6.45, 7) is 14.1. The summed E-state index contributed by atoms with van der Waals surface area (Å²) in [5.41, 5.74) is 3.14. The average Bonchev–Trinajstić information content (AvgIpc) is 2.57. The SMILES string of the molecule is CC(C)(C)c1c(C(C)(C)C)c2cc3ccccc3cc2c2ccccc12. The lowest BCUT2D eigenvalue weighted by molar-refractivity contribution is 0.539. The summed E-state index contributed by atoms with van der Waals surface area (Å²) < 4.78 is 0. The molecule has 0 N–H and O–H groups in total. The van der Waals surface area contributed by atoms with Crippen LogP contribution in [0.2, 0.25) is 0 Å². The Kier molecular flexibility index (Phi) is 3.67. The third-order valence-electron chi connectivity index (χ3n) is 5.39. The molecule has 0 spiro atoms. The van der Waals surface area contributed by atoms with Crippen LogP contribution >= 0.6 is 0 Å². The Morgan fingerprint density at radius 2 is 0.885 bits per heavy atom. The predicted molar refractivity (Wildman–Crippen MR) is 116 cm³/mol. The summed E-state index contributed by atoms with van der Waals surface area (Å²) in [5.74, 6) is 0. The van der Waals surface area contributed by atoms with E-state index in [1.165, 1.54) is 43.4 Å². The summed E-state index contributed by atoms with van der Waals surface area (Å²) in [7, 11) is 0. The van der Waals surface area contributed by atoms with Crippen molar-refractivity contribution in [3.8, 4) is 0 Å². The van der Waals surface area contributed by atoms with Crippen LogP contribution in [0.5, 0.6) is 0 Å². The van der Waals surface area contributed by atoms with Crippen molar-refractivity contribution in [1.82, 2.24) is 0 Å². The minimum absolute atomic E-state index is 0.0767. The third kappa shape index (κ3) is 2.60. The van der Waals surface area contributed by atoms with Gasteiger partial charge in [-0.1, -0.05) is 90.1 Å². The number of hydrogen-bond donors (Lipinski definition) is 0. The molecule has 0 radical (unpaired) electrons. The highest BCUT2D eigenvalue weighted by molar-refractivity contribution is 6.15. The highest BCUT2D eigenvalue weighted by atomic mass is 14.3. The van der Waals surface area contributed by atoms with Gasteiger partial charge in [-0.2, -0.15) is 0 Å². The summed E-state index contributed by atoms with van der Waals surface area (Å²) in [6, 6.07) is 22.4. The van der Waals surface area contributed by atoms with Gasteiger partial charge in [-0.15, -0.1) is 0 Å². The van der Waals surface area contributed by atoms with Crippen molar-refractivity contribution in [1.29, 1.82) is 0 Å². The molecule has 0 fully saturated rings. The minimum atomic E-state index is 0.0767. The molecule has 0 nitrogen and oxygen atoms in total. The largest absolute Gasteiger partial charge is 0.0616 e. The van der Waals surface area contributed by atoms with Gasteiger partial charge in [0.2, 0.25) is 0 Å². The van der Waals surface area contributed by atoms with E-state index in [2.05, 4.69) is 102 Å². The molecule has 4 rings (SSSR count). The Labute approximate surface area is 156 Å². The molecule has 0 bridgehead atoms. The van der Waals surface area contributed by atoms with Crippen LogP contribution in [0, 0.1) is 0 Å². The van der Waals surface area contributed by atoms with Gasteiger partial charge < -0.3 is 0 Å². The molecule has 0 aliphatic carbocycles. The van der Waals surface area contributed by atoms with Gasteiger partial charge in [-0.05, 0) is 66.4 Å². The summed E-state index contributed by atoms with van der Waals surface area (Å²) in [4.78, 5) is 0. The van der Waals surface area contributed by atoms with E-state index in [0.29, 0.717) is 0 Å². The van der Waals surface area contributed by atoms with Crippen LogP contribution < -0.4 is 0 Å². The maximum atomic E-state index is 2.41. The lowest BCUT2D eigenvalue weighted by Crippen LogP contribution is -2.23. The standard InChI is InChI=1S/C26H28/c1-25(2,3)23-20-14-10-9-13-19(20)21-15-17-11-7-8-12-18(17)16-22(21)24(23)26(4,5)6/h7-16H,1-6H3. The van der Waals surface area contributed by atoms with Crippen molar-refractivity contribution < 1.29 is 0 Å². The molecular formula is C26H28. The van der Waals surface area contributed by atoms with Gasteiger partial charge in [0.15, 0.2) is 0 Å². The van der Waals surface area contributed by atoms with Crippen LogP contribution in [-0.2, 0) is 10.8 Å². The molecule has 0 unspecified atom stereocenters. The molecule has 4 aromatic rings. The van der Waals surface area contributed by atoms with Crippen LogP contribution in [0.25, 0.3) is 32.3 Å². The molecular weight excluding hydrogens is 312 g/mol. The van der Waals surface area contributed by atoms with E-state index < -0.39 is 0 Å². The van der Waals surface area contributed by atoms with Crippen LogP contribution in [0.3, 0.4) is 0 Å². The fraction of sp³-hybridized carbons (Fsp3) is 0.308. The number of hydrogen-bond acceptors (Lipinski definition) is 0. The number of rotatable bonds is 0. The van der Waals surface area contributed by atoms with E-state index in [1.54, 1.807) is 0 Å². The Balaban J connectivity index is 2.36. The smallest absolute Gasteiger partial charge is 0.00958 e. The molecule has 26 heavy (non-hydrogen) atoms. The second kappa shape index (κ2) is 5.58. The normalized spacial score (nSPS) is 13.0. The zero-order chi connectivity index (χ0) is 18.7. The molecule has 0 aliphatic heterocycles. The zero-order valence-electron chi connectivity index (χ0n) is 16.8. The van der Waals surface area contributed by atoms with Crippen molar-refractivity contribution in [2.24, 2.45) is 0 Å². The second-order valence-corrected chi connectivity index (χ2v) is 9.54. The van der Waals surface area contributed by atoms with E-state index in [1.807, 2.05) is 0 Å².